The molecule has 0 spiro atoms. The van der Waals surface area contributed by atoms with E-state index in [0.29, 0.717) is 0 Å². The molecule has 0 aliphatic rings. The van der Waals surface area contributed by atoms with Crippen LogP contribution in [0.25, 0.3) is 0 Å². The Morgan fingerprint density at radius 3 is 1.62 bits per heavy atom. The lowest BCUT2D eigenvalue weighted by Gasteiger charge is -1.94. The van der Waals surface area contributed by atoms with Crippen LogP contribution in [0.2, 0.25) is 0 Å². The zero-order chi connectivity index (χ0) is 5.54. The molecule has 0 aliphatic heterocycles. The average molecular weight is 312 g/mol. The van der Waals surface area contributed by atoms with Gasteiger partial charge in [-0.1, -0.05) is 31.9 Å². The summed E-state index contributed by atoms with van der Waals surface area (Å²) in [5.41, 5.74) is 0. The summed E-state index contributed by atoms with van der Waals surface area (Å²) in [5.74, 6) is 0. The molecule has 0 heterocycles. The van der Waals surface area contributed by atoms with E-state index in [1.54, 1.807) is 0 Å². The van der Waals surface area contributed by atoms with Gasteiger partial charge in [-0.3, -0.25) is 0 Å². The molecule has 0 bridgehead atoms. The molecule has 1 nitrogen and oxygen atoms in total. The fourth-order valence-electron chi connectivity index (χ4n) is 0.259. The van der Waals surface area contributed by atoms with Crippen molar-refractivity contribution in [2.24, 2.45) is 0 Å². The van der Waals surface area contributed by atoms with Gasteiger partial charge in [-0.05, 0) is 0 Å². The highest BCUT2D eigenvalue weighted by molar-refractivity contribution is 9.09. The minimum Gasteiger partial charge on any atom is -0.315 e. The van der Waals surface area contributed by atoms with Crippen LogP contribution in [0.4, 0.5) is 0 Å². The Morgan fingerprint density at radius 1 is 1.00 bits per heavy atom. The fourth-order valence-corrected chi connectivity index (χ4v) is 0.819. The van der Waals surface area contributed by atoms with Gasteiger partial charge in [-0.2, -0.15) is 0 Å². The third-order valence-electron chi connectivity index (χ3n) is 0.543. The van der Waals surface area contributed by atoms with Crippen LogP contribution in [0.3, 0.4) is 0 Å². The summed E-state index contributed by atoms with van der Waals surface area (Å²) in [7, 11) is 0. The normalized spacial score (nSPS) is 8.25. The van der Waals surface area contributed by atoms with Gasteiger partial charge < -0.3 is 5.32 Å². The van der Waals surface area contributed by atoms with E-state index in [4.69, 9.17) is 0 Å². The Kier molecular flexibility index (Phi) is 17.0. The number of hydrogen-bond donors (Lipinski definition) is 1. The third kappa shape index (κ3) is 10.4. The van der Waals surface area contributed by atoms with Crippen LogP contribution in [0.1, 0.15) is 0 Å². The lowest BCUT2D eigenvalue weighted by atomic mass is 10.7. The molecule has 0 amide bonds. The largest absolute Gasteiger partial charge is 0.315 e. The maximum Gasteiger partial charge on any atom is 0.0157 e. The van der Waals surface area contributed by atoms with Gasteiger partial charge in [0.15, 0.2) is 0 Å². The van der Waals surface area contributed by atoms with Crippen LogP contribution >= 0.6 is 48.8 Å². The zero-order valence-corrected chi connectivity index (χ0v) is 9.38. The van der Waals surface area contributed by atoms with E-state index in [1.807, 2.05) is 0 Å². The van der Waals surface area contributed by atoms with Crippen molar-refractivity contribution in [1.82, 2.24) is 5.32 Å². The minimum absolute atomic E-state index is 0. The first kappa shape index (κ1) is 12.1. The monoisotopic (exact) mass is 309 g/mol. The van der Waals surface area contributed by atoms with Gasteiger partial charge in [0.25, 0.3) is 0 Å². The summed E-state index contributed by atoms with van der Waals surface area (Å²) >= 11 is 6.60. The standard InChI is InChI=1S/C4H9Br2N.BrH/c5-1-3-7-4-2-6;/h7H,1-4H2;1H. The van der Waals surface area contributed by atoms with Crippen LogP contribution in [0.15, 0.2) is 0 Å². The van der Waals surface area contributed by atoms with E-state index in [1.165, 1.54) is 0 Å². The van der Waals surface area contributed by atoms with Crippen molar-refractivity contribution in [3.8, 4) is 0 Å². The summed E-state index contributed by atoms with van der Waals surface area (Å²) in [6, 6.07) is 0. The molecule has 0 fully saturated rings. The molecule has 0 rings (SSSR count). The Labute approximate surface area is 77.6 Å². The molecule has 0 aromatic rings. The molecule has 0 saturated carbocycles. The van der Waals surface area contributed by atoms with E-state index >= 15 is 0 Å². The van der Waals surface area contributed by atoms with Gasteiger partial charge in [0.05, 0.1) is 0 Å². The number of halogens is 3. The van der Waals surface area contributed by atoms with Gasteiger partial charge in [0.2, 0.25) is 0 Å². The molecular weight excluding hydrogens is 302 g/mol. The summed E-state index contributed by atoms with van der Waals surface area (Å²) < 4.78 is 0. The Morgan fingerprint density at radius 2 is 1.38 bits per heavy atom. The third-order valence-corrected chi connectivity index (χ3v) is 1.34. The second-order valence-corrected chi connectivity index (χ2v) is 2.71. The van der Waals surface area contributed by atoms with Gasteiger partial charge in [0.1, 0.15) is 0 Å². The van der Waals surface area contributed by atoms with Crippen molar-refractivity contribution in [3.63, 3.8) is 0 Å². The highest BCUT2D eigenvalue weighted by Crippen LogP contribution is 1.76. The summed E-state index contributed by atoms with van der Waals surface area (Å²) in [6.45, 7) is 2.12. The first-order chi connectivity index (χ1) is 3.41. The Balaban J connectivity index is 0. The van der Waals surface area contributed by atoms with Gasteiger partial charge in [-0.25, -0.2) is 0 Å². The number of alkyl halides is 2. The predicted molar refractivity (Wildman–Crippen MR) is 50.8 cm³/mol. The van der Waals surface area contributed by atoms with Crippen LogP contribution in [-0.4, -0.2) is 23.7 Å². The highest BCUT2D eigenvalue weighted by atomic mass is 79.9. The number of nitrogens with one attached hydrogen (secondary N) is 1. The topological polar surface area (TPSA) is 12.0 Å². The number of hydrogen-bond acceptors (Lipinski definition) is 1. The van der Waals surface area contributed by atoms with Crippen molar-refractivity contribution in [2.75, 3.05) is 23.7 Å². The molecule has 1 N–H and O–H groups in total. The van der Waals surface area contributed by atoms with E-state index < -0.39 is 0 Å². The van der Waals surface area contributed by atoms with Crippen LogP contribution in [0.5, 0.6) is 0 Å². The first-order valence-electron chi connectivity index (χ1n) is 2.24. The van der Waals surface area contributed by atoms with Gasteiger partial charge in [-0.15, -0.1) is 17.0 Å². The molecule has 52 valence electrons. The lowest BCUT2D eigenvalue weighted by molar-refractivity contribution is 0.779. The molecule has 0 aromatic carbocycles. The molecular formula is C4H10Br3N. The molecule has 0 saturated heterocycles. The van der Waals surface area contributed by atoms with Crippen LogP contribution in [-0.2, 0) is 0 Å². The zero-order valence-electron chi connectivity index (χ0n) is 4.49. The summed E-state index contributed by atoms with van der Waals surface area (Å²) in [4.78, 5) is 0. The van der Waals surface area contributed by atoms with E-state index in [2.05, 4.69) is 37.2 Å². The average Bonchev–Trinajstić information content (AvgIpc) is 1.69. The van der Waals surface area contributed by atoms with E-state index in [0.717, 1.165) is 23.7 Å². The fraction of sp³-hybridized carbons (Fsp3) is 1.00. The molecule has 0 aliphatic carbocycles. The smallest absolute Gasteiger partial charge is 0.0157 e. The van der Waals surface area contributed by atoms with Gasteiger partial charge >= 0.3 is 0 Å². The van der Waals surface area contributed by atoms with E-state index in [9.17, 15) is 0 Å². The molecule has 0 atom stereocenters. The summed E-state index contributed by atoms with van der Waals surface area (Å²) in [5, 5.41) is 5.27. The predicted octanol–water partition coefficient (Wildman–Crippen LogP) is 1.94. The summed E-state index contributed by atoms with van der Waals surface area (Å²) in [6.07, 6.45) is 0. The quantitative estimate of drug-likeness (QED) is 0.618. The van der Waals surface area contributed by atoms with Crippen LogP contribution < -0.4 is 5.32 Å². The Bertz CT molecular complexity index is 30.5. The molecule has 8 heavy (non-hydrogen) atoms. The van der Waals surface area contributed by atoms with Crippen molar-refractivity contribution in [2.45, 2.75) is 0 Å². The second kappa shape index (κ2) is 11.2. The van der Waals surface area contributed by atoms with Crippen molar-refractivity contribution in [1.29, 1.82) is 0 Å². The Hall–Kier alpha value is 1.40. The van der Waals surface area contributed by atoms with Crippen molar-refractivity contribution >= 4 is 48.8 Å². The van der Waals surface area contributed by atoms with Crippen LogP contribution in [0, 0.1) is 0 Å². The van der Waals surface area contributed by atoms with Crippen molar-refractivity contribution < 1.29 is 0 Å². The maximum absolute atomic E-state index is 3.30. The molecule has 0 aromatic heterocycles. The molecule has 0 radical (unpaired) electrons. The maximum atomic E-state index is 3.30. The van der Waals surface area contributed by atoms with E-state index in [-0.39, 0.29) is 17.0 Å². The molecule has 0 unspecified atom stereocenters. The lowest BCUT2D eigenvalue weighted by Crippen LogP contribution is -2.18. The first-order valence-corrected chi connectivity index (χ1v) is 4.48. The number of rotatable bonds is 4. The van der Waals surface area contributed by atoms with Gasteiger partial charge in [0, 0.05) is 23.7 Å². The SMILES string of the molecule is Br.BrCCNCCBr. The second-order valence-electron chi connectivity index (χ2n) is 1.13. The minimum atomic E-state index is 0. The van der Waals surface area contributed by atoms with Crippen molar-refractivity contribution in [3.05, 3.63) is 0 Å². The highest BCUT2D eigenvalue weighted by Gasteiger charge is 1.78. The molecule has 4 heteroatoms.